The Morgan fingerprint density at radius 3 is 2.36 bits per heavy atom. The van der Waals surface area contributed by atoms with Crippen molar-refractivity contribution in [2.75, 3.05) is 18.4 Å². The molecule has 2 aliphatic rings. The zero-order chi connectivity index (χ0) is 32.6. The van der Waals surface area contributed by atoms with Gasteiger partial charge in [0.05, 0.1) is 11.3 Å². The fraction of sp³-hybridized carbons (Fsp3) is 0.606. The second-order valence-electron chi connectivity index (χ2n) is 12.5. The third-order valence-electron chi connectivity index (χ3n) is 9.03. The monoisotopic (exact) mass is 626 g/mol. The number of amides is 4. The van der Waals surface area contributed by atoms with Crippen molar-refractivity contribution in [3.63, 3.8) is 0 Å². The number of anilines is 1. The molecule has 1 aromatic heterocycles. The zero-order valence-corrected chi connectivity index (χ0v) is 26.6. The fourth-order valence-corrected chi connectivity index (χ4v) is 6.19. The van der Waals surface area contributed by atoms with Crippen LogP contribution in [0.25, 0.3) is 0 Å². The van der Waals surface area contributed by atoms with Gasteiger partial charge >= 0.3 is 0 Å². The maximum Gasteiger partial charge on any atom is 0.270 e. The topological polar surface area (TPSA) is 146 Å². The number of aryl methyl sites for hydroxylation is 1. The van der Waals surface area contributed by atoms with Crippen molar-refractivity contribution in [2.45, 2.75) is 109 Å². The third-order valence-corrected chi connectivity index (χ3v) is 9.03. The second-order valence-corrected chi connectivity index (χ2v) is 12.5. The van der Waals surface area contributed by atoms with E-state index in [1.165, 1.54) is 12.1 Å². The lowest BCUT2D eigenvalue weighted by molar-refractivity contribution is -0.139. The quantitative estimate of drug-likeness (QED) is 0.281. The van der Waals surface area contributed by atoms with E-state index in [-0.39, 0.29) is 36.3 Å². The summed E-state index contributed by atoms with van der Waals surface area (Å²) >= 11 is 0. The van der Waals surface area contributed by atoms with Crippen LogP contribution in [0.3, 0.4) is 0 Å². The summed E-state index contributed by atoms with van der Waals surface area (Å²) in [4.78, 5) is 54.1. The Kier molecular flexibility index (Phi) is 11.7. The van der Waals surface area contributed by atoms with Gasteiger partial charge in [-0.15, -0.1) is 0 Å². The molecule has 12 heteroatoms. The summed E-state index contributed by atoms with van der Waals surface area (Å²) in [6, 6.07) is 4.18. The van der Waals surface area contributed by atoms with Gasteiger partial charge in [-0.2, -0.15) is 5.10 Å². The number of rotatable bonds is 11. The number of likely N-dealkylation sites (tertiary alicyclic amines) is 1. The predicted octanol–water partition coefficient (Wildman–Crippen LogP) is 3.56. The van der Waals surface area contributed by atoms with Gasteiger partial charge in [-0.1, -0.05) is 38.7 Å². The highest BCUT2D eigenvalue weighted by Crippen LogP contribution is 2.28. The minimum atomic E-state index is -0.897. The molecular formula is C33H47FN6O5. The Hall–Kier alpha value is -3.80. The van der Waals surface area contributed by atoms with E-state index in [0.717, 1.165) is 38.5 Å². The number of aliphatic hydroxyl groups is 1. The van der Waals surface area contributed by atoms with Gasteiger partial charge in [0, 0.05) is 38.7 Å². The van der Waals surface area contributed by atoms with Crippen molar-refractivity contribution >= 4 is 29.3 Å². The van der Waals surface area contributed by atoms with Gasteiger partial charge in [0.2, 0.25) is 17.7 Å². The average molecular weight is 627 g/mol. The number of halogens is 1. The van der Waals surface area contributed by atoms with Crippen LogP contribution < -0.4 is 16.0 Å². The summed E-state index contributed by atoms with van der Waals surface area (Å²) in [5, 5.41) is 22.8. The molecule has 4 amide bonds. The molecule has 1 saturated heterocycles. The molecule has 4 rings (SSSR count). The van der Waals surface area contributed by atoms with Gasteiger partial charge in [0.25, 0.3) is 5.91 Å². The van der Waals surface area contributed by atoms with Crippen molar-refractivity contribution in [3.05, 3.63) is 47.5 Å². The SMILES string of the molecule is CCC(=O)N[C@H](Cc1ccc(NC(=O)[C@@H](NC(=O)c2ccnn2CC)C2CCCCCC2)c(F)c1)C(=O)N1CCC(C)(O)CC1. The third kappa shape index (κ3) is 9.12. The molecule has 1 saturated carbocycles. The van der Waals surface area contributed by atoms with E-state index in [0.29, 0.717) is 43.7 Å². The maximum atomic E-state index is 15.5. The summed E-state index contributed by atoms with van der Waals surface area (Å²) in [7, 11) is 0. The highest BCUT2D eigenvalue weighted by molar-refractivity contribution is 6.00. The first-order chi connectivity index (χ1) is 21.5. The number of aromatic nitrogens is 2. The number of hydrogen-bond acceptors (Lipinski definition) is 6. The lowest BCUT2D eigenvalue weighted by atomic mass is 9.91. The lowest BCUT2D eigenvalue weighted by Crippen LogP contribution is -2.53. The first-order valence-corrected chi connectivity index (χ1v) is 16.2. The number of benzene rings is 1. The summed E-state index contributed by atoms with van der Waals surface area (Å²) in [6.45, 7) is 6.54. The molecule has 246 valence electrons. The van der Waals surface area contributed by atoms with Crippen LogP contribution in [0.5, 0.6) is 0 Å². The van der Waals surface area contributed by atoms with Crippen LogP contribution in [0.4, 0.5) is 10.1 Å². The first-order valence-electron chi connectivity index (χ1n) is 16.2. The molecule has 2 heterocycles. The van der Waals surface area contributed by atoms with Gasteiger partial charge < -0.3 is 26.0 Å². The second kappa shape index (κ2) is 15.5. The minimum Gasteiger partial charge on any atom is -0.390 e. The Bertz CT molecular complexity index is 1340. The van der Waals surface area contributed by atoms with E-state index in [4.69, 9.17) is 0 Å². The number of hydrogen-bond donors (Lipinski definition) is 4. The Morgan fingerprint density at radius 2 is 1.73 bits per heavy atom. The van der Waals surface area contributed by atoms with Gasteiger partial charge in [-0.05, 0) is 69.2 Å². The maximum absolute atomic E-state index is 15.5. The molecule has 2 atom stereocenters. The Morgan fingerprint density at radius 1 is 1.04 bits per heavy atom. The van der Waals surface area contributed by atoms with E-state index in [1.807, 2.05) is 6.92 Å². The molecule has 2 fully saturated rings. The smallest absolute Gasteiger partial charge is 0.270 e. The molecule has 2 aromatic rings. The van der Waals surface area contributed by atoms with E-state index >= 15 is 4.39 Å². The normalized spacial score (nSPS) is 18.4. The van der Waals surface area contributed by atoms with E-state index < -0.39 is 35.3 Å². The van der Waals surface area contributed by atoms with Gasteiger partial charge in [-0.25, -0.2) is 4.39 Å². The standard InChI is InChI=1S/C33H47FN6O5/c1-4-28(41)36-26(32(44)39-18-15-33(3,45)16-19-39)21-22-12-13-25(24(34)20-22)37-31(43)29(23-10-8-6-7-9-11-23)38-30(42)27-14-17-35-40(27)5-2/h12-14,17,20,23,26,29,45H,4-11,15-16,18-19,21H2,1-3H3,(H,36,41)(H,37,43)(H,38,42)/t26-,29+/m1/s1. The molecule has 1 aliphatic carbocycles. The molecule has 0 bridgehead atoms. The minimum absolute atomic E-state index is 0.0334. The summed E-state index contributed by atoms with van der Waals surface area (Å²) in [6.07, 6.45) is 8.25. The molecule has 11 nitrogen and oxygen atoms in total. The van der Waals surface area contributed by atoms with Gasteiger partial charge in [0.15, 0.2) is 0 Å². The largest absolute Gasteiger partial charge is 0.390 e. The van der Waals surface area contributed by atoms with Gasteiger partial charge in [0.1, 0.15) is 23.6 Å². The molecule has 1 aromatic carbocycles. The van der Waals surface area contributed by atoms with E-state index in [9.17, 15) is 24.3 Å². The summed E-state index contributed by atoms with van der Waals surface area (Å²) < 4.78 is 17.0. The molecule has 0 unspecified atom stereocenters. The van der Waals surface area contributed by atoms with Crippen molar-refractivity contribution in [2.24, 2.45) is 5.92 Å². The van der Waals surface area contributed by atoms with Crippen LogP contribution >= 0.6 is 0 Å². The molecule has 45 heavy (non-hydrogen) atoms. The molecule has 0 radical (unpaired) electrons. The Labute approximate surface area is 264 Å². The van der Waals surface area contributed by atoms with Gasteiger partial charge in [-0.3, -0.25) is 23.9 Å². The number of carbonyl (C=O) groups excluding carboxylic acids is 4. The predicted molar refractivity (Wildman–Crippen MR) is 168 cm³/mol. The summed E-state index contributed by atoms with van der Waals surface area (Å²) in [5.74, 6) is -2.25. The summed E-state index contributed by atoms with van der Waals surface area (Å²) in [5.41, 5.74) is -0.0355. The van der Waals surface area contributed by atoms with Crippen LogP contribution in [-0.4, -0.2) is 74.2 Å². The molecule has 4 N–H and O–H groups in total. The number of nitrogens with zero attached hydrogens (tertiary/aromatic N) is 3. The number of nitrogens with one attached hydrogen (secondary N) is 3. The van der Waals surface area contributed by atoms with Crippen molar-refractivity contribution in [1.82, 2.24) is 25.3 Å². The highest BCUT2D eigenvalue weighted by Gasteiger charge is 2.34. The highest BCUT2D eigenvalue weighted by atomic mass is 19.1. The van der Waals surface area contributed by atoms with Crippen LogP contribution in [0, 0.1) is 11.7 Å². The first kappa shape index (κ1) is 34.1. The van der Waals surface area contributed by atoms with E-state index in [2.05, 4.69) is 21.0 Å². The van der Waals surface area contributed by atoms with Crippen LogP contribution in [0.2, 0.25) is 0 Å². The van der Waals surface area contributed by atoms with Crippen LogP contribution in [0.15, 0.2) is 30.5 Å². The van der Waals surface area contributed by atoms with E-state index in [1.54, 1.807) is 41.8 Å². The van der Waals surface area contributed by atoms with Crippen molar-refractivity contribution in [3.8, 4) is 0 Å². The zero-order valence-electron chi connectivity index (χ0n) is 26.6. The lowest BCUT2D eigenvalue weighted by Gasteiger charge is -2.37. The van der Waals surface area contributed by atoms with Crippen LogP contribution in [0.1, 0.15) is 94.6 Å². The number of piperidine rings is 1. The number of carbonyl (C=O) groups is 4. The fourth-order valence-electron chi connectivity index (χ4n) is 6.19. The van der Waals surface area contributed by atoms with Crippen molar-refractivity contribution in [1.29, 1.82) is 0 Å². The van der Waals surface area contributed by atoms with Crippen molar-refractivity contribution < 1.29 is 28.7 Å². The average Bonchev–Trinajstić information content (AvgIpc) is 3.34. The Balaban J connectivity index is 1.48. The molecule has 0 spiro atoms. The van der Waals surface area contributed by atoms with Crippen LogP contribution in [-0.2, 0) is 27.3 Å². The molecule has 1 aliphatic heterocycles. The molecular weight excluding hydrogens is 579 g/mol.